The second kappa shape index (κ2) is 7.92. The first-order valence-corrected chi connectivity index (χ1v) is 10.8. The van der Waals surface area contributed by atoms with Crippen molar-refractivity contribution in [3.05, 3.63) is 125 Å². The highest BCUT2D eigenvalue weighted by atomic mass is 15.3. The van der Waals surface area contributed by atoms with Crippen LogP contribution in [0.1, 0.15) is 46.7 Å². The summed E-state index contributed by atoms with van der Waals surface area (Å²) in [6.07, 6.45) is 4.17. The molecular weight excluding hydrogens is 366 g/mol. The Kier molecular flexibility index (Phi) is 4.97. The van der Waals surface area contributed by atoms with E-state index in [1.54, 1.807) is 0 Å². The van der Waals surface area contributed by atoms with Gasteiger partial charge in [-0.3, -0.25) is 4.68 Å². The van der Waals surface area contributed by atoms with Crippen LogP contribution in [-0.4, -0.2) is 9.78 Å². The van der Waals surface area contributed by atoms with Crippen LogP contribution < -0.4 is 5.73 Å². The standard InChI is InChI=1S/C27H27N3/c28-19-21-20-29-30-18-10-17-25(26(21)30)27(22-11-4-1-5-12-22,23-13-6-2-7-14-23)24-15-8-3-9-16-24/h1-9,11-16,20,25H,10,17-19,28H2. The van der Waals surface area contributed by atoms with Crippen LogP contribution >= 0.6 is 0 Å². The molecule has 1 aromatic heterocycles. The first-order valence-electron chi connectivity index (χ1n) is 10.8. The molecule has 3 aromatic carbocycles. The molecule has 1 unspecified atom stereocenters. The zero-order chi connectivity index (χ0) is 20.4. The fourth-order valence-electron chi connectivity index (χ4n) is 5.38. The lowest BCUT2D eigenvalue weighted by atomic mass is 9.59. The van der Waals surface area contributed by atoms with E-state index in [1.807, 2.05) is 6.20 Å². The Bertz CT molecular complexity index is 991. The van der Waals surface area contributed by atoms with Crippen LogP contribution in [0, 0.1) is 0 Å². The maximum absolute atomic E-state index is 6.19. The number of hydrogen-bond donors (Lipinski definition) is 1. The predicted molar refractivity (Wildman–Crippen MR) is 121 cm³/mol. The highest BCUT2D eigenvalue weighted by Crippen LogP contribution is 2.53. The number of hydrogen-bond acceptors (Lipinski definition) is 2. The van der Waals surface area contributed by atoms with E-state index in [0.29, 0.717) is 6.54 Å². The van der Waals surface area contributed by atoms with Crippen molar-refractivity contribution in [3.63, 3.8) is 0 Å². The predicted octanol–water partition coefficient (Wildman–Crippen LogP) is 5.25. The number of aromatic nitrogens is 2. The smallest absolute Gasteiger partial charge is 0.0537 e. The van der Waals surface area contributed by atoms with Crippen molar-refractivity contribution in [2.45, 2.75) is 37.3 Å². The fourth-order valence-corrected chi connectivity index (χ4v) is 5.38. The zero-order valence-corrected chi connectivity index (χ0v) is 17.1. The van der Waals surface area contributed by atoms with Crippen LogP contribution in [0.4, 0.5) is 0 Å². The van der Waals surface area contributed by atoms with Gasteiger partial charge < -0.3 is 5.73 Å². The molecule has 5 rings (SSSR count). The van der Waals surface area contributed by atoms with Crippen molar-refractivity contribution < 1.29 is 0 Å². The normalized spacial score (nSPS) is 16.2. The number of nitrogens with zero attached hydrogens (tertiary/aromatic N) is 2. The molecule has 0 amide bonds. The molecule has 1 atom stereocenters. The Hall–Kier alpha value is -3.17. The third-order valence-electron chi connectivity index (χ3n) is 6.58. The number of rotatable bonds is 5. The maximum atomic E-state index is 6.19. The Labute approximate surface area is 178 Å². The Morgan fingerprint density at radius 1 is 0.800 bits per heavy atom. The molecule has 0 bridgehead atoms. The van der Waals surface area contributed by atoms with Crippen molar-refractivity contribution in [3.8, 4) is 0 Å². The van der Waals surface area contributed by atoms with Gasteiger partial charge in [0.1, 0.15) is 0 Å². The molecule has 30 heavy (non-hydrogen) atoms. The molecule has 4 aromatic rings. The highest BCUT2D eigenvalue weighted by molar-refractivity contribution is 5.55. The average molecular weight is 394 g/mol. The third kappa shape index (κ3) is 2.89. The van der Waals surface area contributed by atoms with Crippen LogP contribution in [0.5, 0.6) is 0 Å². The molecule has 2 heterocycles. The molecule has 1 aliphatic heterocycles. The SMILES string of the molecule is NCc1cnn2c1C(C(c1ccccc1)(c1ccccc1)c1ccccc1)CCC2. The van der Waals surface area contributed by atoms with Crippen molar-refractivity contribution in [1.29, 1.82) is 0 Å². The second-order valence-corrected chi connectivity index (χ2v) is 8.08. The van der Waals surface area contributed by atoms with E-state index in [2.05, 4.69) is 95.7 Å². The van der Waals surface area contributed by atoms with Gasteiger partial charge in [0.15, 0.2) is 0 Å². The van der Waals surface area contributed by atoms with Crippen molar-refractivity contribution in [2.75, 3.05) is 0 Å². The van der Waals surface area contributed by atoms with Crippen molar-refractivity contribution >= 4 is 0 Å². The van der Waals surface area contributed by atoms with E-state index in [1.165, 1.54) is 22.4 Å². The van der Waals surface area contributed by atoms with E-state index in [-0.39, 0.29) is 11.3 Å². The highest BCUT2D eigenvalue weighted by Gasteiger charge is 2.47. The molecule has 0 aliphatic carbocycles. The summed E-state index contributed by atoms with van der Waals surface area (Å²) < 4.78 is 2.19. The van der Waals surface area contributed by atoms with Crippen LogP contribution in [0.25, 0.3) is 0 Å². The first kappa shape index (κ1) is 18.8. The molecule has 2 N–H and O–H groups in total. The van der Waals surface area contributed by atoms with Gasteiger partial charge >= 0.3 is 0 Å². The van der Waals surface area contributed by atoms with Gasteiger partial charge in [-0.05, 0) is 29.5 Å². The van der Waals surface area contributed by atoms with Gasteiger partial charge in [0, 0.05) is 30.3 Å². The summed E-state index contributed by atoms with van der Waals surface area (Å²) in [5.74, 6) is 0.250. The summed E-state index contributed by atoms with van der Waals surface area (Å²) in [6, 6.07) is 32.9. The molecular formula is C27H27N3. The minimum atomic E-state index is -0.314. The Morgan fingerprint density at radius 2 is 1.30 bits per heavy atom. The summed E-state index contributed by atoms with van der Waals surface area (Å²) in [6.45, 7) is 1.47. The average Bonchev–Trinajstić information content (AvgIpc) is 3.26. The molecule has 0 spiro atoms. The molecule has 1 aliphatic rings. The topological polar surface area (TPSA) is 43.8 Å². The van der Waals surface area contributed by atoms with Crippen LogP contribution in [0.15, 0.2) is 97.2 Å². The lowest BCUT2D eigenvalue weighted by Crippen LogP contribution is -2.40. The van der Waals surface area contributed by atoms with E-state index in [0.717, 1.165) is 24.9 Å². The van der Waals surface area contributed by atoms with Crippen LogP contribution in [0.2, 0.25) is 0 Å². The molecule has 3 nitrogen and oxygen atoms in total. The minimum absolute atomic E-state index is 0.250. The van der Waals surface area contributed by atoms with Gasteiger partial charge in [-0.1, -0.05) is 91.0 Å². The number of nitrogens with two attached hydrogens (primary N) is 1. The molecule has 150 valence electrons. The van der Waals surface area contributed by atoms with Gasteiger partial charge in [-0.15, -0.1) is 0 Å². The van der Waals surface area contributed by atoms with E-state index in [9.17, 15) is 0 Å². The van der Waals surface area contributed by atoms with Crippen LogP contribution in [-0.2, 0) is 18.5 Å². The van der Waals surface area contributed by atoms with Crippen molar-refractivity contribution in [1.82, 2.24) is 9.78 Å². The van der Waals surface area contributed by atoms with Crippen LogP contribution in [0.3, 0.4) is 0 Å². The number of fused-ring (bicyclic) bond motifs is 1. The number of aryl methyl sites for hydroxylation is 1. The Balaban J connectivity index is 1.88. The zero-order valence-electron chi connectivity index (χ0n) is 17.1. The monoisotopic (exact) mass is 393 g/mol. The lowest BCUT2D eigenvalue weighted by Gasteiger charge is -2.45. The summed E-state index contributed by atoms with van der Waals surface area (Å²) >= 11 is 0. The summed E-state index contributed by atoms with van der Waals surface area (Å²) in [5, 5.41) is 4.71. The van der Waals surface area contributed by atoms with Gasteiger partial charge in [0.25, 0.3) is 0 Å². The maximum Gasteiger partial charge on any atom is 0.0537 e. The van der Waals surface area contributed by atoms with Gasteiger partial charge in [0.2, 0.25) is 0 Å². The van der Waals surface area contributed by atoms with E-state index >= 15 is 0 Å². The summed E-state index contributed by atoms with van der Waals surface area (Å²) in [7, 11) is 0. The Morgan fingerprint density at radius 3 is 1.77 bits per heavy atom. The van der Waals surface area contributed by atoms with E-state index < -0.39 is 0 Å². The van der Waals surface area contributed by atoms with Crippen molar-refractivity contribution in [2.24, 2.45) is 5.73 Å². The van der Waals surface area contributed by atoms with Gasteiger partial charge in [-0.25, -0.2) is 0 Å². The quantitative estimate of drug-likeness (QED) is 0.470. The lowest BCUT2D eigenvalue weighted by molar-refractivity contribution is 0.349. The third-order valence-corrected chi connectivity index (χ3v) is 6.58. The second-order valence-electron chi connectivity index (χ2n) is 8.08. The van der Waals surface area contributed by atoms with E-state index in [4.69, 9.17) is 10.8 Å². The van der Waals surface area contributed by atoms with Gasteiger partial charge in [0.05, 0.1) is 11.6 Å². The molecule has 0 fully saturated rings. The fraction of sp³-hybridized carbons (Fsp3) is 0.222. The largest absolute Gasteiger partial charge is 0.326 e. The summed E-state index contributed by atoms with van der Waals surface area (Å²) in [5.41, 5.74) is 12.3. The summed E-state index contributed by atoms with van der Waals surface area (Å²) in [4.78, 5) is 0. The van der Waals surface area contributed by atoms with Gasteiger partial charge in [-0.2, -0.15) is 5.10 Å². The molecule has 0 radical (unpaired) electrons. The molecule has 0 saturated carbocycles. The first-order chi connectivity index (χ1) is 14.9. The minimum Gasteiger partial charge on any atom is -0.326 e. The number of benzene rings is 3. The molecule has 3 heteroatoms. The molecule has 0 saturated heterocycles.